The average Bonchev–Trinajstić information content (AvgIpc) is 2.85. The van der Waals surface area contributed by atoms with Crippen LogP contribution < -0.4 is 10.6 Å². The van der Waals surface area contributed by atoms with Crippen molar-refractivity contribution in [3.8, 4) is 0 Å². The smallest absolute Gasteiger partial charge is 0.244 e. The molecule has 2 N–H and O–H groups in total. The van der Waals surface area contributed by atoms with E-state index < -0.39 is 0 Å². The van der Waals surface area contributed by atoms with Crippen LogP contribution in [0.25, 0.3) is 0 Å². The molecular formula is C9H14N2O2. The lowest BCUT2D eigenvalue weighted by molar-refractivity contribution is -0.124. The first-order valence-corrected chi connectivity index (χ1v) is 4.42. The molecule has 0 aliphatic heterocycles. The Morgan fingerprint density at radius 2 is 2.15 bits per heavy atom. The molecule has 0 atom stereocenters. The van der Waals surface area contributed by atoms with Crippen molar-refractivity contribution < 1.29 is 9.59 Å². The zero-order chi connectivity index (χ0) is 9.68. The number of carbonyl (C=O) groups is 2. The summed E-state index contributed by atoms with van der Waals surface area (Å²) in [5.74, 6) is -0.339. The molecule has 0 aromatic heterocycles. The first-order chi connectivity index (χ1) is 6.22. The number of nitrogens with one attached hydrogen (secondary N) is 2. The summed E-state index contributed by atoms with van der Waals surface area (Å²) < 4.78 is 0. The molecule has 0 bridgehead atoms. The van der Waals surface area contributed by atoms with Crippen molar-refractivity contribution in [2.24, 2.45) is 0 Å². The van der Waals surface area contributed by atoms with Crippen LogP contribution in [0.15, 0.2) is 12.2 Å². The van der Waals surface area contributed by atoms with E-state index in [2.05, 4.69) is 10.6 Å². The lowest BCUT2D eigenvalue weighted by Crippen LogP contribution is -2.37. The topological polar surface area (TPSA) is 58.2 Å². The van der Waals surface area contributed by atoms with Gasteiger partial charge >= 0.3 is 0 Å². The monoisotopic (exact) mass is 182 g/mol. The summed E-state index contributed by atoms with van der Waals surface area (Å²) in [4.78, 5) is 21.9. The molecule has 0 unspecified atom stereocenters. The van der Waals surface area contributed by atoms with E-state index in [-0.39, 0.29) is 18.4 Å². The van der Waals surface area contributed by atoms with Gasteiger partial charge in [0, 0.05) is 6.04 Å². The highest BCUT2D eigenvalue weighted by Crippen LogP contribution is 2.17. The predicted molar refractivity (Wildman–Crippen MR) is 49.0 cm³/mol. The average molecular weight is 182 g/mol. The van der Waals surface area contributed by atoms with Crippen molar-refractivity contribution in [1.29, 1.82) is 0 Å². The van der Waals surface area contributed by atoms with Gasteiger partial charge in [0.1, 0.15) is 0 Å². The normalized spacial score (nSPS) is 15.8. The van der Waals surface area contributed by atoms with E-state index in [1.165, 1.54) is 6.08 Å². The maximum Gasteiger partial charge on any atom is 0.244 e. The first-order valence-electron chi connectivity index (χ1n) is 4.42. The lowest BCUT2D eigenvalue weighted by atomic mass is 10.4. The van der Waals surface area contributed by atoms with Gasteiger partial charge < -0.3 is 10.6 Å². The van der Waals surface area contributed by atoms with Crippen LogP contribution in [-0.4, -0.2) is 24.4 Å². The third kappa shape index (κ3) is 4.30. The fraction of sp³-hybridized carbons (Fsp3) is 0.556. The van der Waals surface area contributed by atoms with Crippen LogP contribution in [0.5, 0.6) is 0 Å². The summed E-state index contributed by atoms with van der Waals surface area (Å²) in [7, 11) is 0. The Kier molecular flexibility index (Phi) is 3.49. The van der Waals surface area contributed by atoms with Crippen LogP contribution >= 0.6 is 0 Å². The highest BCUT2D eigenvalue weighted by atomic mass is 16.2. The summed E-state index contributed by atoms with van der Waals surface area (Å²) in [6.07, 6.45) is 5.15. The van der Waals surface area contributed by atoms with Gasteiger partial charge in [-0.05, 0) is 25.8 Å². The molecular weight excluding hydrogens is 168 g/mol. The number of hydrogen-bond donors (Lipinski definition) is 2. The molecule has 0 radical (unpaired) electrons. The second kappa shape index (κ2) is 4.64. The molecule has 13 heavy (non-hydrogen) atoms. The number of allylic oxidation sites excluding steroid dienone is 1. The van der Waals surface area contributed by atoms with Crippen molar-refractivity contribution >= 4 is 11.8 Å². The molecule has 2 amide bonds. The van der Waals surface area contributed by atoms with E-state index >= 15 is 0 Å². The minimum atomic E-state index is -0.228. The highest BCUT2D eigenvalue weighted by molar-refractivity contribution is 5.91. The highest BCUT2D eigenvalue weighted by Gasteiger charge is 2.22. The van der Waals surface area contributed by atoms with Crippen LogP contribution in [0.1, 0.15) is 19.8 Å². The molecule has 1 fully saturated rings. The third-order valence-corrected chi connectivity index (χ3v) is 1.68. The van der Waals surface area contributed by atoms with Gasteiger partial charge in [-0.2, -0.15) is 0 Å². The minimum absolute atomic E-state index is 0.0691. The molecule has 4 nitrogen and oxygen atoms in total. The van der Waals surface area contributed by atoms with Crippen LogP contribution in [-0.2, 0) is 9.59 Å². The van der Waals surface area contributed by atoms with Gasteiger partial charge in [0.15, 0.2) is 0 Å². The largest absolute Gasteiger partial charge is 0.352 e. The molecule has 0 aromatic rings. The molecule has 1 aliphatic rings. The molecule has 0 heterocycles. The minimum Gasteiger partial charge on any atom is -0.352 e. The second-order valence-electron chi connectivity index (χ2n) is 3.06. The van der Waals surface area contributed by atoms with Crippen molar-refractivity contribution in [2.45, 2.75) is 25.8 Å². The van der Waals surface area contributed by atoms with Gasteiger partial charge in [0.2, 0.25) is 11.8 Å². The Bertz CT molecular complexity index is 232. The molecule has 1 aliphatic carbocycles. The maximum absolute atomic E-state index is 11.1. The van der Waals surface area contributed by atoms with E-state index in [4.69, 9.17) is 0 Å². The Morgan fingerprint density at radius 3 is 2.69 bits per heavy atom. The molecule has 0 aromatic carbocycles. The van der Waals surface area contributed by atoms with Gasteiger partial charge in [-0.3, -0.25) is 9.59 Å². The fourth-order valence-electron chi connectivity index (χ4n) is 0.884. The Labute approximate surface area is 77.4 Å². The van der Waals surface area contributed by atoms with E-state index in [0.29, 0.717) is 6.04 Å². The molecule has 1 saturated carbocycles. The van der Waals surface area contributed by atoms with E-state index in [1.54, 1.807) is 13.0 Å². The Morgan fingerprint density at radius 1 is 1.46 bits per heavy atom. The summed E-state index contributed by atoms with van der Waals surface area (Å²) >= 11 is 0. The van der Waals surface area contributed by atoms with Crippen LogP contribution in [0, 0.1) is 0 Å². The third-order valence-electron chi connectivity index (χ3n) is 1.68. The van der Waals surface area contributed by atoms with Crippen LogP contribution in [0.3, 0.4) is 0 Å². The summed E-state index contributed by atoms with van der Waals surface area (Å²) in [6, 6.07) is 0.353. The second-order valence-corrected chi connectivity index (χ2v) is 3.06. The summed E-state index contributed by atoms with van der Waals surface area (Å²) in [6.45, 7) is 1.82. The number of carbonyl (C=O) groups excluding carboxylic acids is 2. The van der Waals surface area contributed by atoms with Crippen LogP contribution in [0.2, 0.25) is 0 Å². The van der Waals surface area contributed by atoms with Gasteiger partial charge in [0.25, 0.3) is 0 Å². The standard InChI is InChI=1S/C9H14N2O2/c1-2-3-8(12)10-6-9(13)11-7-4-5-7/h2-3,7H,4-6H2,1H3,(H,10,12)(H,11,13). The Hall–Kier alpha value is -1.32. The maximum atomic E-state index is 11.1. The zero-order valence-electron chi connectivity index (χ0n) is 7.67. The van der Waals surface area contributed by atoms with Crippen LogP contribution in [0.4, 0.5) is 0 Å². The number of rotatable bonds is 4. The molecule has 0 spiro atoms. The van der Waals surface area contributed by atoms with Crippen molar-refractivity contribution in [1.82, 2.24) is 10.6 Å². The SMILES string of the molecule is CC=CC(=O)NCC(=O)NC1CC1. The van der Waals surface area contributed by atoms with Crippen molar-refractivity contribution in [2.75, 3.05) is 6.54 Å². The first kappa shape index (κ1) is 9.77. The van der Waals surface area contributed by atoms with E-state index in [1.807, 2.05) is 0 Å². The number of hydrogen-bond acceptors (Lipinski definition) is 2. The zero-order valence-corrected chi connectivity index (χ0v) is 7.67. The molecule has 0 saturated heterocycles. The summed E-state index contributed by atoms with van der Waals surface area (Å²) in [5.41, 5.74) is 0. The molecule has 4 heteroatoms. The Balaban J connectivity index is 2.09. The van der Waals surface area contributed by atoms with E-state index in [0.717, 1.165) is 12.8 Å². The van der Waals surface area contributed by atoms with Gasteiger partial charge in [0.05, 0.1) is 6.54 Å². The molecule has 72 valence electrons. The van der Waals surface area contributed by atoms with E-state index in [9.17, 15) is 9.59 Å². The van der Waals surface area contributed by atoms with Gasteiger partial charge in [-0.25, -0.2) is 0 Å². The molecule has 1 rings (SSSR count). The lowest BCUT2D eigenvalue weighted by Gasteiger charge is -2.02. The predicted octanol–water partition coefficient (Wildman–Crippen LogP) is -0.0427. The number of amides is 2. The van der Waals surface area contributed by atoms with Crippen molar-refractivity contribution in [3.05, 3.63) is 12.2 Å². The summed E-state index contributed by atoms with van der Waals surface area (Å²) in [5, 5.41) is 5.25. The van der Waals surface area contributed by atoms with Gasteiger partial charge in [-0.1, -0.05) is 6.08 Å². The quantitative estimate of drug-likeness (QED) is 0.599. The fourth-order valence-corrected chi connectivity index (χ4v) is 0.884. The van der Waals surface area contributed by atoms with Crippen molar-refractivity contribution in [3.63, 3.8) is 0 Å². The van der Waals surface area contributed by atoms with Gasteiger partial charge in [-0.15, -0.1) is 0 Å².